The molecule has 0 spiro atoms. The molecule has 0 radical (unpaired) electrons. The number of nitrogens with zero attached hydrogens (tertiary/aromatic N) is 6. The lowest BCUT2D eigenvalue weighted by atomic mass is 9.88. The van der Waals surface area contributed by atoms with Gasteiger partial charge in [-0.2, -0.15) is 13.9 Å². The molecule has 10 nitrogen and oxygen atoms in total. The van der Waals surface area contributed by atoms with E-state index in [2.05, 4.69) is 15.0 Å². The molecular weight excluding hydrogens is 517 g/mol. The van der Waals surface area contributed by atoms with Gasteiger partial charge in [-0.1, -0.05) is 6.07 Å². The largest absolute Gasteiger partial charge is 0.456 e. The maximum Gasteiger partial charge on any atom is 0.387 e. The number of rotatable bonds is 6. The highest BCUT2D eigenvalue weighted by atomic mass is 31.2. The normalized spacial score (nSPS) is 18.5. The third-order valence-corrected chi connectivity index (χ3v) is 7.55. The van der Waals surface area contributed by atoms with Gasteiger partial charge in [0, 0.05) is 47.6 Å². The van der Waals surface area contributed by atoms with Crippen LogP contribution in [0.3, 0.4) is 0 Å². The number of ether oxygens (including phenoxy) is 2. The van der Waals surface area contributed by atoms with Gasteiger partial charge in [-0.05, 0) is 37.9 Å². The van der Waals surface area contributed by atoms with Gasteiger partial charge in [0.15, 0.2) is 0 Å². The highest BCUT2D eigenvalue weighted by Crippen LogP contribution is 2.53. The summed E-state index contributed by atoms with van der Waals surface area (Å²) in [5, 5.41) is 4.72. The Hall–Kier alpha value is -3.92. The van der Waals surface area contributed by atoms with Gasteiger partial charge in [-0.25, -0.2) is 19.5 Å². The molecule has 13 heteroatoms. The van der Waals surface area contributed by atoms with Crippen LogP contribution in [-0.2, 0) is 4.57 Å². The highest BCUT2D eigenvalue weighted by molar-refractivity contribution is 7.62. The number of hydrogen-bond acceptors (Lipinski definition) is 8. The van der Waals surface area contributed by atoms with E-state index in [0.29, 0.717) is 34.5 Å². The van der Waals surface area contributed by atoms with Gasteiger partial charge >= 0.3 is 12.6 Å². The molecule has 1 aromatic carbocycles. The van der Waals surface area contributed by atoms with Crippen LogP contribution in [0.5, 0.6) is 11.8 Å². The van der Waals surface area contributed by atoms with Gasteiger partial charge in [-0.15, -0.1) is 0 Å². The second kappa shape index (κ2) is 8.83. The number of carbonyl (C=O) groups is 1. The second-order valence-corrected chi connectivity index (χ2v) is 13.2. The number of aromatic nitrogens is 5. The Morgan fingerprint density at radius 1 is 1.16 bits per heavy atom. The first-order valence-corrected chi connectivity index (χ1v) is 14.6. The average molecular weight is 540 g/mol. The number of halogens is 2. The number of alkyl halides is 2. The number of fused-ring (bicyclic) bond motifs is 9. The van der Waals surface area contributed by atoms with Gasteiger partial charge in [0.25, 0.3) is 5.91 Å². The summed E-state index contributed by atoms with van der Waals surface area (Å²) in [6.07, 6.45) is 5.23. The number of amides is 1. The SMILES string of the molecule is CN1C(=O)c2cccc(OC(F)F)c2C2CC1c1nn3cnc(-c4cnc(OCP(C)(C)=O)nc4)cc3c12. The molecule has 6 rings (SSSR count). The third-order valence-electron chi connectivity index (χ3n) is 6.79. The first-order valence-electron chi connectivity index (χ1n) is 11.8. The van der Waals surface area contributed by atoms with Crippen LogP contribution in [0.1, 0.15) is 45.6 Å². The summed E-state index contributed by atoms with van der Waals surface area (Å²) in [7, 11) is -0.690. The quantitative estimate of drug-likeness (QED) is 0.331. The van der Waals surface area contributed by atoms with Gasteiger partial charge in [-0.3, -0.25) is 4.79 Å². The predicted octanol–water partition coefficient (Wildman–Crippen LogP) is 4.41. The molecular formula is C25H23F2N6O4P. The molecule has 0 saturated carbocycles. The Morgan fingerprint density at radius 3 is 2.63 bits per heavy atom. The van der Waals surface area contributed by atoms with Crippen LogP contribution in [0.4, 0.5) is 8.78 Å². The number of benzene rings is 1. The molecule has 4 heterocycles. The smallest absolute Gasteiger partial charge is 0.387 e. The van der Waals surface area contributed by atoms with Crippen molar-refractivity contribution in [1.82, 2.24) is 29.5 Å². The zero-order chi connectivity index (χ0) is 26.8. The van der Waals surface area contributed by atoms with Crippen molar-refractivity contribution in [3.05, 3.63) is 65.4 Å². The Balaban J connectivity index is 1.44. The fourth-order valence-electron chi connectivity index (χ4n) is 5.17. The molecule has 1 aliphatic heterocycles. The van der Waals surface area contributed by atoms with Crippen molar-refractivity contribution in [3.8, 4) is 23.0 Å². The Bertz CT molecular complexity index is 1620. The maximum atomic E-state index is 13.3. The summed E-state index contributed by atoms with van der Waals surface area (Å²) >= 11 is 0. The summed E-state index contributed by atoms with van der Waals surface area (Å²) in [6, 6.07) is 6.28. The monoisotopic (exact) mass is 540 g/mol. The Kier molecular flexibility index (Phi) is 5.68. The minimum Gasteiger partial charge on any atom is -0.456 e. The van der Waals surface area contributed by atoms with E-state index in [0.717, 1.165) is 11.1 Å². The molecule has 2 unspecified atom stereocenters. The third kappa shape index (κ3) is 4.09. The van der Waals surface area contributed by atoms with Crippen molar-refractivity contribution in [3.63, 3.8) is 0 Å². The molecule has 0 fully saturated rings. The maximum absolute atomic E-state index is 13.3. The average Bonchev–Trinajstić information content (AvgIpc) is 3.40. The molecule has 2 atom stereocenters. The first kappa shape index (κ1) is 24.4. The van der Waals surface area contributed by atoms with E-state index in [9.17, 15) is 18.1 Å². The second-order valence-electron chi connectivity index (χ2n) is 9.82. The van der Waals surface area contributed by atoms with E-state index >= 15 is 0 Å². The van der Waals surface area contributed by atoms with E-state index in [1.165, 1.54) is 6.07 Å². The Morgan fingerprint density at radius 2 is 1.92 bits per heavy atom. The van der Waals surface area contributed by atoms with Crippen LogP contribution >= 0.6 is 7.14 Å². The van der Waals surface area contributed by atoms with Crippen molar-refractivity contribution < 1.29 is 27.6 Å². The van der Waals surface area contributed by atoms with Crippen molar-refractivity contribution >= 4 is 18.6 Å². The molecule has 1 aliphatic carbocycles. The van der Waals surface area contributed by atoms with Crippen LogP contribution in [0.15, 0.2) is 43.0 Å². The lowest BCUT2D eigenvalue weighted by Gasteiger charge is -2.23. The predicted molar refractivity (Wildman–Crippen MR) is 133 cm³/mol. The summed E-state index contributed by atoms with van der Waals surface area (Å²) in [5.41, 5.74) is 4.25. The minimum atomic E-state index is -3.03. The van der Waals surface area contributed by atoms with Gasteiger partial charge in [0.2, 0.25) is 0 Å². The molecule has 0 saturated heterocycles. The van der Waals surface area contributed by atoms with E-state index in [-0.39, 0.29) is 36.0 Å². The fraction of sp³-hybridized carbons (Fsp3) is 0.320. The van der Waals surface area contributed by atoms with E-state index < -0.39 is 13.8 Å². The molecule has 3 aromatic heterocycles. The van der Waals surface area contributed by atoms with Gasteiger partial charge in [0.1, 0.15) is 25.6 Å². The van der Waals surface area contributed by atoms with Crippen LogP contribution in [0.25, 0.3) is 16.8 Å². The Labute approximate surface area is 216 Å². The van der Waals surface area contributed by atoms with E-state index in [4.69, 9.17) is 14.6 Å². The first-order chi connectivity index (χ1) is 18.1. The molecule has 38 heavy (non-hydrogen) atoms. The van der Waals surface area contributed by atoms with E-state index in [1.54, 1.807) is 60.6 Å². The topological polar surface area (TPSA) is 112 Å². The fourth-order valence-corrected chi connectivity index (χ4v) is 5.59. The summed E-state index contributed by atoms with van der Waals surface area (Å²) < 4.78 is 50.4. The van der Waals surface area contributed by atoms with Crippen molar-refractivity contribution in [2.24, 2.45) is 0 Å². The molecule has 4 aromatic rings. The number of carbonyl (C=O) groups excluding carboxylic acids is 1. The number of hydrogen-bond donors (Lipinski definition) is 0. The van der Waals surface area contributed by atoms with Crippen LogP contribution in [-0.4, -0.2) is 68.7 Å². The molecule has 2 aliphatic rings. The molecule has 0 N–H and O–H groups in total. The van der Waals surface area contributed by atoms with Crippen molar-refractivity contribution in [2.45, 2.75) is 25.0 Å². The summed E-state index contributed by atoms with van der Waals surface area (Å²) in [5.74, 6) is -0.665. The minimum absolute atomic E-state index is 0.0147. The standard InChI is InChI=1S/C25H23F2N6O4P/c1-32-18-7-15(20-14(23(32)34)5-4-6-19(20)37-24(26)27)21-17-8-16(30-11-33(17)31-22(18)21)13-9-28-25(29-10-13)36-12-38(2,3)35/h4-6,8-11,15,18,24H,7,12H2,1-3H3. The van der Waals surface area contributed by atoms with Crippen LogP contribution < -0.4 is 9.47 Å². The van der Waals surface area contributed by atoms with Gasteiger partial charge in [0.05, 0.1) is 22.9 Å². The lowest BCUT2D eigenvalue weighted by molar-refractivity contribution is -0.0505. The molecule has 1 amide bonds. The zero-order valence-electron chi connectivity index (χ0n) is 20.7. The lowest BCUT2D eigenvalue weighted by Crippen LogP contribution is -2.30. The van der Waals surface area contributed by atoms with Crippen LogP contribution in [0, 0.1) is 0 Å². The summed E-state index contributed by atoms with van der Waals surface area (Å²) in [6.45, 7) is 0.217. The van der Waals surface area contributed by atoms with Gasteiger partial charge < -0.3 is 18.9 Å². The van der Waals surface area contributed by atoms with Crippen molar-refractivity contribution in [2.75, 3.05) is 26.7 Å². The highest BCUT2D eigenvalue weighted by Gasteiger charge is 2.46. The van der Waals surface area contributed by atoms with Crippen molar-refractivity contribution in [1.29, 1.82) is 0 Å². The molecule has 196 valence electrons. The van der Waals surface area contributed by atoms with Crippen LogP contribution in [0.2, 0.25) is 0 Å². The van der Waals surface area contributed by atoms with E-state index in [1.807, 2.05) is 6.07 Å². The summed E-state index contributed by atoms with van der Waals surface area (Å²) in [4.78, 5) is 27.8. The molecule has 2 bridgehead atoms. The zero-order valence-corrected chi connectivity index (χ0v) is 21.6.